The average Bonchev–Trinajstić information content (AvgIpc) is 2.65. The monoisotopic (exact) mass is 380 g/mol. The van der Waals surface area contributed by atoms with Crippen LogP contribution in [-0.4, -0.2) is 11.0 Å². The van der Waals surface area contributed by atoms with Crippen molar-refractivity contribution in [2.45, 2.75) is 6.92 Å². The molecule has 3 rings (SSSR count). The number of nitriles is 1. The zero-order chi connectivity index (χ0) is 19.4. The number of amides is 2. The van der Waals surface area contributed by atoms with Crippen LogP contribution >= 0.6 is 11.6 Å². The van der Waals surface area contributed by atoms with Crippen LogP contribution in [0.3, 0.4) is 0 Å². The van der Waals surface area contributed by atoms with Crippen LogP contribution in [0.5, 0.6) is 0 Å². The van der Waals surface area contributed by atoms with Crippen LogP contribution in [0.2, 0.25) is 5.15 Å². The molecule has 134 valence electrons. The average molecular weight is 381 g/mol. The Morgan fingerprint density at radius 3 is 2.44 bits per heavy atom. The van der Waals surface area contributed by atoms with Crippen LogP contribution in [0.1, 0.15) is 11.1 Å². The molecule has 27 heavy (non-hydrogen) atoms. The quantitative estimate of drug-likeness (QED) is 0.600. The first-order valence-corrected chi connectivity index (χ1v) is 8.35. The Morgan fingerprint density at radius 1 is 1.11 bits per heavy atom. The largest absolute Gasteiger partial charge is 0.323 e. The third kappa shape index (κ3) is 4.22. The van der Waals surface area contributed by atoms with Crippen molar-refractivity contribution in [3.8, 4) is 17.2 Å². The number of carbonyl (C=O) groups is 1. The van der Waals surface area contributed by atoms with Crippen LogP contribution in [0.15, 0.2) is 54.7 Å². The van der Waals surface area contributed by atoms with Crippen molar-refractivity contribution in [1.29, 1.82) is 5.26 Å². The maximum absolute atomic E-state index is 13.3. The predicted octanol–water partition coefficient (Wildman–Crippen LogP) is 5.37. The van der Waals surface area contributed by atoms with E-state index in [9.17, 15) is 14.4 Å². The van der Waals surface area contributed by atoms with Gasteiger partial charge >= 0.3 is 6.03 Å². The Balaban J connectivity index is 1.72. The number of nitrogens with zero attached hydrogens (tertiary/aromatic N) is 2. The van der Waals surface area contributed by atoms with E-state index in [1.165, 1.54) is 18.3 Å². The van der Waals surface area contributed by atoms with Crippen LogP contribution in [-0.2, 0) is 0 Å². The summed E-state index contributed by atoms with van der Waals surface area (Å²) >= 11 is 5.96. The van der Waals surface area contributed by atoms with Gasteiger partial charge in [0.2, 0.25) is 0 Å². The second-order valence-corrected chi connectivity index (χ2v) is 6.11. The summed E-state index contributed by atoms with van der Waals surface area (Å²) in [6.45, 7) is 1.62. The fraction of sp³-hybridized carbons (Fsp3) is 0.0500. The van der Waals surface area contributed by atoms with Crippen molar-refractivity contribution >= 4 is 29.0 Å². The Hall–Kier alpha value is -3.43. The number of hydrogen-bond acceptors (Lipinski definition) is 3. The van der Waals surface area contributed by atoms with Crippen LogP contribution in [0.4, 0.5) is 20.6 Å². The molecule has 5 nitrogen and oxygen atoms in total. The Kier molecular flexibility index (Phi) is 5.34. The molecule has 2 N–H and O–H groups in total. The Bertz CT molecular complexity index is 1040. The van der Waals surface area contributed by atoms with Crippen LogP contribution in [0.25, 0.3) is 11.1 Å². The molecule has 0 aliphatic heterocycles. The molecule has 0 spiro atoms. The van der Waals surface area contributed by atoms with Crippen molar-refractivity contribution in [1.82, 2.24) is 4.98 Å². The van der Waals surface area contributed by atoms with Gasteiger partial charge in [-0.05, 0) is 54.4 Å². The number of nitrogens with one attached hydrogen (secondary N) is 2. The molecule has 0 bridgehead atoms. The van der Waals surface area contributed by atoms with Gasteiger partial charge in [0.25, 0.3) is 0 Å². The van der Waals surface area contributed by atoms with E-state index in [0.29, 0.717) is 28.1 Å². The molecule has 7 heteroatoms. The second-order valence-electron chi connectivity index (χ2n) is 5.76. The molecule has 0 saturated heterocycles. The number of hydrogen-bond donors (Lipinski definition) is 2. The van der Waals surface area contributed by atoms with Gasteiger partial charge in [0.05, 0.1) is 5.56 Å². The van der Waals surface area contributed by atoms with Crippen molar-refractivity contribution in [2.24, 2.45) is 0 Å². The van der Waals surface area contributed by atoms with E-state index in [2.05, 4.69) is 15.6 Å². The van der Waals surface area contributed by atoms with Gasteiger partial charge in [-0.15, -0.1) is 0 Å². The summed E-state index contributed by atoms with van der Waals surface area (Å²) in [5.41, 5.74) is 3.24. The fourth-order valence-corrected chi connectivity index (χ4v) is 2.73. The molecular formula is C20H14ClFN4O. The molecular weight excluding hydrogens is 367 g/mol. The highest BCUT2D eigenvalue weighted by molar-refractivity contribution is 6.31. The lowest BCUT2D eigenvalue weighted by Crippen LogP contribution is -2.19. The number of urea groups is 1. The third-order valence-electron chi connectivity index (χ3n) is 3.89. The summed E-state index contributed by atoms with van der Waals surface area (Å²) in [6.07, 6.45) is 1.53. The summed E-state index contributed by atoms with van der Waals surface area (Å²) in [4.78, 5) is 16.0. The normalized spacial score (nSPS) is 10.1. The first-order chi connectivity index (χ1) is 13.0. The predicted molar refractivity (Wildman–Crippen MR) is 103 cm³/mol. The second kappa shape index (κ2) is 7.85. The molecule has 3 aromatic rings. The first kappa shape index (κ1) is 18.4. The molecule has 1 heterocycles. The molecule has 0 unspecified atom stereocenters. The van der Waals surface area contributed by atoms with Gasteiger partial charge < -0.3 is 10.6 Å². The third-order valence-corrected chi connectivity index (χ3v) is 4.17. The number of anilines is 2. The lowest BCUT2D eigenvalue weighted by atomic mass is 10.0. The van der Waals surface area contributed by atoms with Crippen LogP contribution < -0.4 is 10.6 Å². The summed E-state index contributed by atoms with van der Waals surface area (Å²) in [7, 11) is 0. The molecule has 0 fully saturated rings. The minimum absolute atomic E-state index is 0.145. The van der Waals surface area contributed by atoms with Crippen LogP contribution in [0, 0.1) is 24.1 Å². The molecule has 0 radical (unpaired) electrons. The molecule has 0 atom stereocenters. The maximum Gasteiger partial charge on any atom is 0.323 e. The molecule has 0 aliphatic carbocycles. The molecule has 0 saturated carbocycles. The minimum Gasteiger partial charge on any atom is -0.308 e. The van der Waals surface area contributed by atoms with Crippen molar-refractivity contribution < 1.29 is 9.18 Å². The van der Waals surface area contributed by atoms with E-state index < -0.39 is 6.03 Å². The number of carbonyl (C=O) groups excluding carboxylic acids is 1. The number of aryl methyl sites for hydroxylation is 1. The van der Waals surface area contributed by atoms with E-state index in [1.54, 1.807) is 43.3 Å². The number of pyridine rings is 1. The standard InChI is InChI=1S/C20H14ClFN4O/c1-12-10-15(6-7-18(12)22)26-20(27)25-14-4-2-13(3-5-14)16-8-9-24-19(21)17(16)11-23/h2-10H,1H3,(H2,25,26,27). The molecule has 0 aliphatic rings. The Labute approximate surface area is 160 Å². The molecule has 1 aromatic heterocycles. The van der Waals surface area contributed by atoms with Crippen molar-refractivity contribution in [2.75, 3.05) is 10.6 Å². The number of benzene rings is 2. The molecule has 2 amide bonds. The van der Waals surface area contributed by atoms with E-state index in [4.69, 9.17) is 11.6 Å². The van der Waals surface area contributed by atoms with E-state index in [0.717, 1.165) is 5.56 Å². The van der Waals surface area contributed by atoms with Gasteiger partial charge in [0.15, 0.2) is 0 Å². The van der Waals surface area contributed by atoms with Gasteiger partial charge in [-0.2, -0.15) is 5.26 Å². The van der Waals surface area contributed by atoms with E-state index >= 15 is 0 Å². The highest BCUT2D eigenvalue weighted by atomic mass is 35.5. The zero-order valence-corrected chi connectivity index (χ0v) is 15.0. The van der Waals surface area contributed by atoms with Gasteiger partial charge in [-0.25, -0.2) is 14.2 Å². The molecule has 2 aromatic carbocycles. The summed E-state index contributed by atoms with van der Waals surface area (Å²) in [5, 5.41) is 14.7. The Morgan fingerprint density at radius 2 is 1.78 bits per heavy atom. The lowest BCUT2D eigenvalue weighted by Gasteiger charge is -2.10. The topological polar surface area (TPSA) is 77.8 Å². The maximum atomic E-state index is 13.3. The van der Waals surface area contributed by atoms with Crippen molar-refractivity contribution in [3.63, 3.8) is 0 Å². The summed E-state index contributed by atoms with van der Waals surface area (Å²) < 4.78 is 13.3. The fourth-order valence-electron chi connectivity index (χ4n) is 2.53. The van der Waals surface area contributed by atoms with Gasteiger partial charge in [-0.3, -0.25) is 0 Å². The van der Waals surface area contributed by atoms with E-state index in [-0.39, 0.29) is 11.0 Å². The minimum atomic E-state index is -0.446. The highest BCUT2D eigenvalue weighted by Gasteiger charge is 2.10. The number of rotatable bonds is 3. The number of halogens is 2. The van der Waals surface area contributed by atoms with E-state index in [1.807, 2.05) is 6.07 Å². The first-order valence-electron chi connectivity index (χ1n) is 7.97. The van der Waals surface area contributed by atoms with Crippen molar-refractivity contribution in [3.05, 3.63) is 76.8 Å². The summed E-state index contributed by atoms with van der Waals surface area (Å²) in [6, 6.07) is 14.6. The van der Waals surface area contributed by atoms with Gasteiger partial charge in [0, 0.05) is 23.1 Å². The number of aromatic nitrogens is 1. The van der Waals surface area contributed by atoms with Gasteiger partial charge in [0.1, 0.15) is 17.0 Å². The zero-order valence-electron chi connectivity index (χ0n) is 14.3. The SMILES string of the molecule is Cc1cc(NC(=O)Nc2ccc(-c3ccnc(Cl)c3C#N)cc2)ccc1F. The smallest absolute Gasteiger partial charge is 0.308 e. The summed E-state index contributed by atoms with van der Waals surface area (Å²) in [5.74, 6) is -0.329. The van der Waals surface area contributed by atoms with Gasteiger partial charge in [-0.1, -0.05) is 23.7 Å². The lowest BCUT2D eigenvalue weighted by molar-refractivity contribution is 0.262. The highest BCUT2D eigenvalue weighted by Crippen LogP contribution is 2.28.